The van der Waals surface area contributed by atoms with Crippen molar-refractivity contribution in [3.05, 3.63) is 21.9 Å². The molecule has 0 bridgehead atoms. The molecule has 1 rings (SSSR count). The maximum absolute atomic E-state index is 9.58. The summed E-state index contributed by atoms with van der Waals surface area (Å²) in [5.74, 6) is 0. The second-order valence-electron chi connectivity index (χ2n) is 2.93. The first-order valence-electron chi connectivity index (χ1n) is 3.33. The molecule has 1 heterocycles. The maximum atomic E-state index is 9.58. The van der Waals surface area contributed by atoms with E-state index in [0.717, 1.165) is 0 Å². The van der Waals surface area contributed by atoms with Crippen LogP contribution in [0.2, 0.25) is 10.3 Å². The molecule has 5 heteroatoms. The second-order valence-corrected chi connectivity index (χ2v) is 3.68. The Morgan fingerprint density at radius 1 is 1.33 bits per heavy atom. The van der Waals surface area contributed by atoms with Gasteiger partial charge in [0, 0.05) is 5.56 Å². The van der Waals surface area contributed by atoms with Gasteiger partial charge in [0.1, 0.15) is 0 Å². The van der Waals surface area contributed by atoms with Gasteiger partial charge in [0.25, 0.3) is 0 Å². The van der Waals surface area contributed by atoms with E-state index in [2.05, 4.69) is 10.2 Å². The third kappa shape index (κ3) is 2.06. The van der Waals surface area contributed by atoms with Gasteiger partial charge < -0.3 is 5.11 Å². The lowest BCUT2D eigenvalue weighted by Gasteiger charge is -2.17. The first-order chi connectivity index (χ1) is 5.41. The Morgan fingerprint density at radius 2 is 1.92 bits per heavy atom. The SMILES string of the molecule is CC(C)(O)c1cc(Cl)nnc1Cl. The minimum atomic E-state index is -1.04. The van der Waals surface area contributed by atoms with Gasteiger partial charge in [0.2, 0.25) is 0 Å². The maximum Gasteiger partial charge on any atom is 0.157 e. The van der Waals surface area contributed by atoms with Crippen LogP contribution < -0.4 is 0 Å². The zero-order chi connectivity index (χ0) is 9.35. The van der Waals surface area contributed by atoms with Crippen molar-refractivity contribution in [3.8, 4) is 0 Å². The van der Waals surface area contributed by atoms with Crippen LogP contribution in [0.1, 0.15) is 19.4 Å². The van der Waals surface area contributed by atoms with Crippen molar-refractivity contribution in [2.24, 2.45) is 0 Å². The molecule has 0 radical (unpaired) electrons. The molecule has 0 aliphatic carbocycles. The number of aromatic nitrogens is 2. The Morgan fingerprint density at radius 3 is 2.33 bits per heavy atom. The van der Waals surface area contributed by atoms with Crippen molar-refractivity contribution in [2.45, 2.75) is 19.4 Å². The Hall–Kier alpha value is -0.380. The van der Waals surface area contributed by atoms with Crippen LogP contribution in [0, 0.1) is 0 Å². The van der Waals surface area contributed by atoms with Crippen LogP contribution in [0.5, 0.6) is 0 Å². The van der Waals surface area contributed by atoms with Gasteiger partial charge in [-0.15, -0.1) is 10.2 Å². The molecule has 0 amide bonds. The second kappa shape index (κ2) is 3.17. The highest BCUT2D eigenvalue weighted by atomic mass is 35.5. The summed E-state index contributed by atoms with van der Waals surface area (Å²) in [6.45, 7) is 3.21. The minimum Gasteiger partial charge on any atom is -0.386 e. The average Bonchev–Trinajstić information content (AvgIpc) is 1.92. The monoisotopic (exact) mass is 206 g/mol. The van der Waals surface area contributed by atoms with Crippen LogP contribution in [0.3, 0.4) is 0 Å². The summed E-state index contributed by atoms with van der Waals surface area (Å²) in [6, 6.07) is 1.50. The molecule has 0 saturated carbocycles. The third-order valence-electron chi connectivity index (χ3n) is 1.38. The van der Waals surface area contributed by atoms with Crippen molar-refractivity contribution < 1.29 is 5.11 Å². The first-order valence-corrected chi connectivity index (χ1v) is 4.08. The first kappa shape index (κ1) is 9.71. The quantitative estimate of drug-likeness (QED) is 0.765. The highest BCUT2D eigenvalue weighted by Gasteiger charge is 2.21. The molecule has 3 nitrogen and oxygen atoms in total. The zero-order valence-corrected chi connectivity index (χ0v) is 8.19. The van der Waals surface area contributed by atoms with Crippen molar-refractivity contribution >= 4 is 23.2 Å². The van der Waals surface area contributed by atoms with Gasteiger partial charge in [-0.05, 0) is 19.9 Å². The van der Waals surface area contributed by atoms with Crippen LogP contribution in [-0.2, 0) is 5.60 Å². The van der Waals surface area contributed by atoms with Crippen LogP contribution in [0.4, 0.5) is 0 Å². The van der Waals surface area contributed by atoms with E-state index in [0.29, 0.717) is 5.56 Å². The van der Waals surface area contributed by atoms with Crippen molar-refractivity contribution in [3.63, 3.8) is 0 Å². The molecular formula is C7H8Cl2N2O. The summed E-state index contributed by atoms with van der Waals surface area (Å²) < 4.78 is 0. The molecule has 1 aromatic rings. The molecule has 1 aromatic heterocycles. The van der Waals surface area contributed by atoms with Gasteiger partial charge in [-0.3, -0.25) is 0 Å². The predicted molar refractivity (Wildman–Crippen MR) is 47.3 cm³/mol. The molecule has 0 aliphatic heterocycles. The van der Waals surface area contributed by atoms with Gasteiger partial charge in [-0.25, -0.2) is 0 Å². The van der Waals surface area contributed by atoms with Crippen LogP contribution >= 0.6 is 23.2 Å². The summed E-state index contributed by atoms with van der Waals surface area (Å²) in [6.07, 6.45) is 0. The summed E-state index contributed by atoms with van der Waals surface area (Å²) in [5, 5.41) is 17.1. The molecule has 0 aliphatic rings. The highest BCUT2D eigenvalue weighted by molar-refractivity contribution is 6.31. The van der Waals surface area contributed by atoms with E-state index in [-0.39, 0.29) is 10.3 Å². The predicted octanol–water partition coefficient (Wildman–Crippen LogP) is 2.01. The largest absolute Gasteiger partial charge is 0.386 e. The lowest BCUT2D eigenvalue weighted by atomic mass is 10.0. The van der Waals surface area contributed by atoms with Crippen molar-refractivity contribution in [2.75, 3.05) is 0 Å². The zero-order valence-electron chi connectivity index (χ0n) is 6.67. The molecule has 0 saturated heterocycles. The number of halogens is 2. The average molecular weight is 207 g/mol. The molecular weight excluding hydrogens is 199 g/mol. The van der Waals surface area contributed by atoms with E-state index in [1.54, 1.807) is 13.8 Å². The molecule has 12 heavy (non-hydrogen) atoms. The van der Waals surface area contributed by atoms with E-state index in [9.17, 15) is 5.11 Å². The normalized spacial score (nSPS) is 11.8. The van der Waals surface area contributed by atoms with Gasteiger partial charge in [0.05, 0.1) is 5.60 Å². The Bertz CT molecular complexity index is 296. The number of rotatable bonds is 1. The fourth-order valence-corrected chi connectivity index (χ4v) is 1.25. The number of hydrogen-bond acceptors (Lipinski definition) is 3. The van der Waals surface area contributed by atoms with Crippen LogP contribution in [0.25, 0.3) is 0 Å². The standard InChI is InChI=1S/C7H8Cl2N2O/c1-7(2,12)4-3-5(8)10-11-6(4)9/h3,12H,1-2H3. The molecule has 66 valence electrons. The number of hydrogen-bond donors (Lipinski definition) is 1. The van der Waals surface area contributed by atoms with E-state index >= 15 is 0 Å². The van der Waals surface area contributed by atoms with Gasteiger partial charge >= 0.3 is 0 Å². The Kier molecular flexibility index (Phi) is 2.56. The van der Waals surface area contributed by atoms with Gasteiger partial charge in [-0.2, -0.15) is 0 Å². The van der Waals surface area contributed by atoms with Crippen LogP contribution in [0.15, 0.2) is 6.07 Å². The van der Waals surface area contributed by atoms with Crippen LogP contribution in [-0.4, -0.2) is 15.3 Å². The summed E-state index contributed by atoms with van der Waals surface area (Å²) in [7, 11) is 0. The minimum absolute atomic E-state index is 0.173. The molecule has 1 N–H and O–H groups in total. The number of aliphatic hydroxyl groups is 1. The Labute approximate surface area is 80.3 Å². The van der Waals surface area contributed by atoms with E-state index in [1.807, 2.05) is 0 Å². The fraction of sp³-hybridized carbons (Fsp3) is 0.429. The van der Waals surface area contributed by atoms with Crippen molar-refractivity contribution in [1.82, 2.24) is 10.2 Å². The summed E-state index contributed by atoms with van der Waals surface area (Å²) >= 11 is 11.3. The molecule has 0 aromatic carbocycles. The van der Waals surface area contributed by atoms with Gasteiger partial charge in [-0.1, -0.05) is 23.2 Å². The highest BCUT2D eigenvalue weighted by Crippen LogP contribution is 2.26. The summed E-state index contributed by atoms with van der Waals surface area (Å²) in [5.41, 5.74) is -0.569. The fourth-order valence-electron chi connectivity index (χ4n) is 0.782. The van der Waals surface area contributed by atoms with E-state index in [1.165, 1.54) is 6.07 Å². The third-order valence-corrected chi connectivity index (χ3v) is 1.84. The molecule has 0 spiro atoms. The smallest absolute Gasteiger partial charge is 0.157 e. The lowest BCUT2D eigenvalue weighted by Crippen LogP contribution is -2.17. The van der Waals surface area contributed by atoms with E-state index in [4.69, 9.17) is 23.2 Å². The lowest BCUT2D eigenvalue weighted by molar-refractivity contribution is 0.0782. The van der Waals surface area contributed by atoms with Crippen molar-refractivity contribution in [1.29, 1.82) is 0 Å². The topological polar surface area (TPSA) is 46.0 Å². The number of nitrogens with zero attached hydrogens (tertiary/aromatic N) is 2. The molecule has 0 unspecified atom stereocenters. The van der Waals surface area contributed by atoms with E-state index < -0.39 is 5.60 Å². The Balaban J connectivity index is 3.23. The molecule has 0 atom stereocenters. The molecule has 0 fully saturated rings. The van der Waals surface area contributed by atoms with Gasteiger partial charge in [0.15, 0.2) is 10.3 Å². The summed E-state index contributed by atoms with van der Waals surface area (Å²) in [4.78, 5) is 0.